The molecule has 1 nitrogen and oxygen atoms in total. The van der Waals surface area contributed by atoms with Crippen LogP contribution in [0.25, 0.3) is 0 Å². The van der Waals surface area contributed by atoms with Gasteiger partial charge in [-0.25, -0.2) is 4.39 Å². The lowest BCUT2D eigenvalue weighted by Gasteiger charge is -2.32. The van der Waals surface area contributed by atoms with Gasteiger partial charge in [-0.1, -0.05) is 13.0 Å². The van der Waals surface area contributed by atoms with E-state index in [-0.39, 0.29) is 11.1 Å². The number of rotatable bonds is 2. The molecule has 1 heterocycles. The fraction of sp³-hybridized carbons (Fsp3) is 0.538. The van der Waals surface area contributed by atoms with Crippen molar-refractivity contribution in [3.63, 3.8) is 0 Å². The van der Waals surface area contributed by atoms with E-state index in [4.69, 9.17) is 0 Å². The molecule has 3 unspecified atom stereocenters. The molecule has 1 aliphatic heterocycles. The zero-order valence-electron chi connectivity index (χ0n) is 10.0. The molecule has 0 radical (unpaired) electrons. The first kappa shape index (κ1) is 13.2. The van der Waals surface area contributed by atoms with Gasteiger partial charge in [-0.15, -0.1) is 0 Å². The van der Waals surface area contributed by atoms with Crippen LogP contribution in [0, 0.1) is 12.7 Å². The summed E-state index contributed by atoms with van der Waals surface area (Å²) in [6.45, 7) is 4.06. The molecule has 0 amide bonds. The Bertz CT molecular complexity index is 397. The third-order valence-electron chi connectivity index (χ3n) is 3.11. The maximum absolute atomic E-state index is 13.2. The Morgan fingerprint density at radius 1 is 1.35 bits per heavy atom. The number of aliphatic hydroxyl groups excluding tert-OH is 1. The maximum Gasteiger partial charge on any atom is 0.123 e. The summed E-state index contributed by atoms with van der Waals surface area (Å²) in [7, 11) is 0. The molecule has 3 atom stereocenters. The number of aliphatic hydroxyl groups is 1. The van der Waals surface area contributed by atoms with E-state index in [1.54, 1.807) is 17.8 Å². The number of hydrogen-bond donors (Lipinski definition) is 1. The van der Waals surface area contributed by atoms with Crippen LogP contribution in [-0.2, 0) is 0 Å². The predicted octanol–water partition coefficient (Wildman–Crippen LogP) is 3.40. The topological polar surface area (TPSA) is 20.2 Å². The van der Waals surface area contributed by atoms with Crippen molar-refractivity contribution in [2.24, 2.45) is 0 Å². The average Bonchev–Trinajstić information content (AvgIpc) is 2.32. The highest BCUT2D eigenvalue weighted by Gasteiger charge is 2.30. The summed E-state index contributed by atoms with van der Waals surface area (Å²) in [5.74, 6) is 1.92. The second-order valence-electron chi connectivity index (χ2n) is 4.36. The van der Waals surface area contributed by atoms with Crippen LogP contribution in [0.5, 0.6) is 0 Å². The van der Waals surface area contributed by atoms with Crippen molar-refractivity contribution in [2.75, 3.05) is 11.5 Å². The van der Waals surface area contributed by atoms with Gasteiger partial charge < -0.3 is 5.11 Å². The van der Waals surface area contributed by atoms with Crippen LogP contribution in [0.4, 0.5) is 4.39 Å². The Hall–Kier alpha value is -0.190. The average molecular weight is 272 g/mol. The minimum absolute atomic E-state index is 0.161. The van der Waals surface area contributed by atoms with Crippen molar-refractivity contribution in [1.29, 1.82) is 0 Å². The second kappa shape index (κ2) is 5.63. The minimum atomic E-state index is -0.571. The van der Waals surface area contributed by atoms with Crippen LogP contribution in [-0.4, -0.2) is 27.1 Å². The summed E-state index contributed by atoms with van der Waals surface area (Å²) >= 11 is 3.68. The van der Waals surface area contributed by atoms with Crippen molar-refractivity contribution in [3.05, 3.63) is 35.1 Å². The van der Waals surface area contributed by atoms with Crippen molar-refractivity contribution < 1.29 is 9.50 Å². The van der Waals surface area contributed by atoms with E-state index in [2.05, 4.69) is 6.92 Å². The Morgan fingerprint density at radius 3 is 2.76 bits per heavy atom. The highest BCUT2D eigenvalue weighted by molar-refractivity contribution is 8.07. The summed E-state index contributed by atoms with van der Waals surface area (Å²) < 4.78 is 13.2. The number of thioether (sulfide) groups is 2. The Balaban J connectivity index is 2.23. The monoisotopic (exact) mass is 272 g/mol. The Morgan fingerprint density at radius 2 is 2.06 bits per heavy atom. The van der Waals surface area contributed by atoms with Crippen molar-refractivity contribution >= 4 is 23.5 Å². The highest BCUT2D eigenvalue weighted by atomic mass is 32.2. The van der Waals surface area contributed by atoms with Gasteiger partial charge in [0.25, 0.3) is 0 Å². The van der Waals surface area contributed by atoms with Crippen molar-refractivity contribution in [2.45, 2.75) is 30.5 Å². The van der Waals surface area contributed by atoms with Crippen LogP contribution in [0.15, 0.2) is 18.2 Å². The van der Waals surface area contributed by atoms with Crippen LogP contribution in [0.1, 0.15) is 24.2 Å². The lowest BCUT2D eigenvalue weighted by Crippen LogP contribution is -2.29. The lowest BCUT2D eigenvalue weighted by atomic mass is 9.99. The molecule has 0 bridgehead atoms. The Labute approximate surface area is 110 Å². The molecule has 1 aromatic rings. The number of halogens is 1. The smallest absolute Gasteiger partial charge is 0.123 e. The van der Waals surface area contributed by atoms with Crippen molar-refractivity contribution in [3.8, 4) is 0 Å². The van der Waals surface area contributed by atoms with E-state index < -0.39 is 6.10 Å². The van der Waals surface area contributed by atoms with E-state index in [0.717, 1.165) is 22.6 Å². The zero-order valence-corrected chi connectivity index (χ0v) is 11.7. The maximum atomic E-state index is 13.2. The summed E-state index contributed by atoms with van der Waals surface area (Å²) in [4.78, 5) is 0. The van der Waals surface area contributed by atoms with Crippen molar-refractivity contribution in [1.82, 2.24) is 0 Å². The van der Waals surface area contributed by atoms with Gasteiger partial charge in [0.1, 0.15) is 5.82 Å². The van der Waals surface area contributed by atoms with E-state index in [1.165, 1.54) is 12.1 Å². The van der Waals surface area contributed by atoms with Crippen LogP contribution < -0.4 is 0 Å². The van der Waals surface area contributed by atoms with Gasteiger partial charge >= 0.3 is 0 Å². The highest BCUT2D eigenvalue weighted by Crippen LogP contribution is 2.39. The quantitative estimate of drug-likeness (QED) is 0.891. The molecular formula is C13H17FOS2. The molecule has 94 valence electrons. The van der Waals surface area contributed by atoms with Gasteiger partial charge in [-0.05, 0) is 30.2 Å². The lowest BCUT2D eigenvalue weighted by molar-refractivity contribution is 0.173. The van der Waals surface area contributed by atoms with Gasteiger partial charge in [0.05, 0.1) is 6.10 Å². The van der Waals surface area contributed by atoms with Gasteiger partial charge in [0.2, 0.25) is 0 Å². The van der Waals surface area contributed by atoms with Gasteiger partial charge in [-0.2, -0.15) is 23.5 Å². The van der Waals surface area contributed by atoms with Gasteiger partial charge in [0, 0.05) is 22.0 Å². The number of hydrogen-bond acceptors (Lipinski definition) is 3. The van der Waals surface area contributed by atoms with E-state index in [1.807, 2.05) is 18.7 Å². The minimum Gasteiger partial charge on any atom is -0.387 e. The van der Waals surface area contributed by atoms with E-state index >= 15 is 0 Å². The molecule has 1 aromatic carbocycles. The first-order chi connectivity index (χ1) is 8.09. The standard InChI is InChI=1S/C13H17FOS2/c1-8-3-4-10(14)7-11(8)12(15)13-9(2)16-5-6-17-13/h3-4,7,9,12-13,15H,5-6H2,1-2H3. The van der Waals surface area contributed by atoms with E-state index in [9.17, 15) is 9.50 Å². The third kappa shape index (κ3) is 2.98. The number of aryl methyl sites for hydroxylation is 1. The van der Waals surface area contributed by atoms with Gasteiger partial charge in [-0.3, -0.25) is 0 Å². The van der Waals surface area contributed by atoms with Crippen LogP contribution in [0.3, 0.4) is 0 Å². The number of benzene rings is 1. The fourth-order valence-electron chi connectivity index (χ4n) is 2.10. The summed E-state index contributed by atoms with van der Waals surface area (Å²) in [6.07, 6.45) is -0.571. The van der Waals surface area contributed by atoms with Crippen LogP contribution >= 0.6 is 23.5 Å². The molecule has 2 rings (SSSR count). The largest absolute Gasteiger partial charge is 0.387 e. The predicted molar refractivity (Wildman–Crippen MR) is 74.3 cm³/mol. The molecule has 1 N–H and O–H groups in total. The summed E-state index contributed by atoms with van der Waals surface area (Å²) in [6, 6.07) is 4.64. The molecule has 17 heavy (non-hydrogen) atoms. The molecule has 0 saturated carbocycles. The normalized spacial score (nSPS) is 26.8. The molecule has 1 saturated heterocycles. The van der Waals surface area contributed by atoms with Gasteiger partial charge in [0.15, 0.2) is 0 Å². The molecule has 0 aliphatic carbocycles. The first-order valence-corrected chi connectivity index (χ1v) is 7.86. The molecule has 0 spiro atoms. The fourth-order valence-corrected chi connectivity index (χ4v) is 4.93. The van der Waals surface area contributed by atoms with E-state index in [0.29, 0.717) is 5.25 Å². The summed E-state index contributed by atoms with van der Waals surface area (Å²) in [5, 5.41) is 11.0. The second-order valence-corrected chi connectivity index (χ2v) is 7.13. The SMILES string of the molecule is Cc1ccc(F)cc1C(O)C1SCCSC1C. The molecule has 1 fully saturated rings. The summed E-state index contributed by atoms with van der Waals surface area (Å²) in [5.41, 5.74) is 1.69. The molecule has 1 aliphatic rings. The first-order valence-electron chi connectivity index (χ1n) is 5.77. The molecular weight excluding hydrogens is 255 g/mol. The molecule has 4 heteroatoms. The Kier molecular flexibility index (Phi) is 4.39. The third-order valence-corrected chi connectivity index (χ3v) is 6.29. The molecule has 0 aromatic heterocycles. The van der Waals surface area contributed by atoms with Crippen LogP contribution in [0.2, 0.25) is 0 Å². The zero-order chi connectivity index (χ0) is 12.4.